The lowest BCUT2D eigenvalue weighted by Gasteiger charge is -2.12. The van der Waals surface area contributed by atoms with Crippen molar-refractivity contribution in [2.45, 2.75) is 13.0 Å². The van der Waals surface area contributed by atoms with Crippen LogP contribution in [0.4, 0.5) is 5.69 Å². The highest BCUT2D eigenvalue weighted by atomic mass is 16.5. The van der Waals surface area contributed by atoms with E-state index in [9.17, 15) is 9.59 Å². The summed E-state index contributed by atoms with van der Waals surface area (Å²) < 4.78 is 5.10. The van der Waals surface area contributed by atoms with Crippen molar-refractivity contribution in [2.75, 3.05) is 19.0 Å². The molecule has 0 aliphatic heterocycles. The van der Waals surface area contributed by atoms with Crippen LogP contribution in [0.15, 0.2) is 24.3 Å². The highest BCUT2D eigenvalue weighted by molar-refractivity contribution is 5.94. The topological polar surface area (TPSA) is 93.4 Å². The van der Waals surface area contributed by atoms with E-state index in [-0.39, 0.29) is 12.5 Å². The Morgan fingerprint density at radius 1 is 1.39 bits per heavy atom. The molecule has 0 heterocycles. The smallest absolute Gasteiger partial charge is 0.238 e. The fourth-order valence-corrected chi connectivity index (χ4v) is 1.29. The fourth-order valence-electron chi connectivity index (χ4n) is 1.29. The first-order chi connectivity index (χ1) is 8.54. The number of rotatable bonds is 6. The van der Waals surface area contributed by atoms with Crippen LogP contribution < -0.4 is 21.1 Å². The monoisotopic (exact) mass is 251 g/mol. The van der Waals surface area contributed by atoms with Gasteiger partial charge in [0.15, 0.2) is 0 Å². The molecule has 1 atom stereocenters. The molecule has 0 aliphatic rings. The first-order valence-electron chi connectivity index (χ1n) is 5.50. The SMILES string of the molecule is COc1ccccc1NC(=O)CNC(C)C(N)=O. The van der Waals surface area contributed by atoms with Crippen LogP contribution >= 0.6 is 0 Å². The van der Waals surface area contributed by atoms with Crippen molar-refractivity contribution in [2.24, 2.45) is 5.73 Å². The van der Waals surface area contributed by atoms with Crippen LogP contribution in [0.5, 0.6) is 5.75 Å². The van der Waals surface area contributed by atoms with Crippen LogP contribution in [0.1, 0.15) is 6.92 Å². The van der Waals surface area contributed by atoms with Crippen LogP contribution in [-0.4, -0.2) is 31.5 Å². The number of nitrogens with one attached hydrogen (secondary N) is 2. The van der Waals surface area contributed by atoms with Gasteiger partial charge < -0.3 is 15.8 Å². The summed E-state index contributed by atoms with van der Waals surface area (Å²) in [6.07, 6.45) is 0. The van der Waals surface area contributed by atoms with Gasteiger partial charge in [-0.3, -0.25) is 14.9 Å². The maximum atomic E-state index is 11.6. The molecular weight excluding hydrogens is 234 g/mol. The molecule has 0 fully saturated rings. The standard InChI is InChI=1S/C12H17N3O3/c1-8(12(13)17)14-7-11(16)15-9-5-3-4-6-10(9)18-2/h3-6,8,14H,7H2,1-2H3,(H2,13,17)(H,15,16). The third-order valence-corrected chi connectivity index (χ3v) is 2.38. The van der Waals surface area contributed by atoms with Gasteiger partial charge >= 0.3 is 0 Å². The van der Waals surface area contributed by atoms with E-state index in [4.69, 9.17) is 10.5 Å². The van der Waals surface area contributed by atoms with E-state index in [0.29, 0.717) is 11.4 Å². The Hall–Kier alpha value is -2.08. The van der Waals surface area contributed by atoms with Gasteiger partial charge in [-0.25, -0.2) is 0 Å². The average Bonchev–Trinajstić information content (AvgIpc) is 2.36. The summed E-state index contributed by atoms with van der Waals surface area (Å²) in [5.74, 6) is -0.193. The Labute approximate surface area is 105 Å². The first kappa shape index (κ1) is 14.0. The highest BCUT2D eigenvalue weighted by Crippen LogP contribution is 2.22. The number of carbonyl (C=O) groups excluding carboxylic acids is 2. The van der Waals surface area contributed by atoms with Crippen molar-refractivity contribution < 1.29 is 14.3 Å². The zero-order valence-corrected chi connectivity index (χ0v) is 10.4. The van der Waals surface area contributed by atoms with E-state index >= 15 is 0 Å². The van der Waals surface area contributed by atoms with Crippen LogP contribution in [0.3, 0.4) is 0 Å². The second kappa shape index (κ2) is 6.61. The maximum absolute atomic E-state index is 11.6. The van der Waals surface area contributed by atoms with Gasteiger partial charge in [0.1, 0.15) is 5.75 Å². The van der Waals surface area contributed by atoms with Crippen LogP contribution in [0.25, 0.3) is 0 Å². The lowest BCUT2D eigenvalue weighted by atomic mass is 10.3. The average molecular weight is 251 g/mol. The molecule has 0 aliphatic carbocycles. The second-order valence-electron chi connectivity index (χ2n) is 3.75. The minimum absolute atomic E-state index is 0.00214. The van der Waals surface area contributed by atoms with E-state index in [2.05, 4.69) is 10.6 Å². The van der Waals surface area contributed by atoms with Gasteiger partial charge in [0.05, 0.1) is 25.4 Å². The molecule has 98 valence electrons. The third kappa shape index (κ3) is 4.06. The van der Waals surface area contributed by atoms with Crippen LogP contribution in [0, 0.1) is 0 Å². The summed E-state index contributed by atoms with van der Waals surface area (Å²) in [7, 11) is 1.53. The summed E-state index contributed by atoms with van der Waals surface area (Å²) in [5.41, 5.74) is 5.65. The number of benzene rings is 1. The number of para-hydroxylation sites is 2. The van der Waals surface area contributed by atoms with Gasteiger partial charge in [0.2, 0.25) is 11.8 Å². The van der Waals surface area contributed by atoms with Crippen molar-refractivity contribution in [1.29, 1.82) is 0 Å². The van der Waals surface area contributed by atoms with Gasteiger partial charge in [-0.15, -0.1) is 0 Å². The summed E-state index contributed by atoms with van der Waals surface area (Å²) in [4.78, 5) is 22.4. The zero-order chi connectivity index (χ0) is 13.5. The highest BCUT2D eigenvalue weighted by Gasteiger charge is 2.11. The summed E-state index contributed by atoms with van der Waals surface area (Å²) in [6, 6.07) is 6.52. The summed E-state index contributed by atoms with van der Waals surface area (Å²) in [5, 5.41) is 5.39. The quantitative estimate of drug-likeness (QED) is 0.668. The van der Waals surface area contributed by atoms with E-state index in [1.54, 1.807) is 25.1 Å². The summed E-state index contributed by atoms with van der Waals surface area (Å²) in [6.45, 7) is 1.60. The molecule has 1 unspecified atom stereocenters. The normalized spacial score (nSPS) is 11.7. The second-order valence-corrected chi connectivity index (χ2v) is 3.75. The van der Waals surface area contributed by atoms with E-state index in [0.717, 1.165) is 0 Å². The van der Waals surface area contributed by atoms with Crippen molar-refractivity contribution in [3.05, 3.63) is 24.3 Å². The molecule has 18 heavy (non-hydrogen) atoms. The molecule has 0 spiro atoms. The van der Waals surface area contributed by atoms with Gasteiger partial charge in [0, 0.05) is 0 Å². The third-order valence-electron chi connectivity index (χ3n) is 2.38. The predicted molar refractivity (Wildman–Crippen MR) is 68.3 cm³/mol. The lowest BCUT2D eigenvalue weighted by molar-refractivity contribution is -0.120. The zero-order valence-electron chi connectivity index (χ0n) is 10.4. The number of carbonyl (C=O) groups is 2. The molecule has 6 heteroatoms. The minimum atomic E-state index is -0.548. The number of nitrogens with two attached hydrogens (primary N) is 1. The molecule has 6 nitrogen and oxygen atoms in total. The molecule has 1 aromatic carbocycles. The number of anilines is 1. The first-order valence-corrected chi connectivity index (χ1v) is 5.50. The Kier molecular flexibility index (Phi) is 5.13. The Morgan fingerprint density at radius 2 is 2.06 bits per heavy atom. The van der Waals surface area contributed by atoms with Crippen molar-refractivity contribution in [3.63, 3.8) is 0 Å². The molecule has 1 rings (SSSR count). The van der Waals surface area contributed by atoms with Gasteiger partial charge in [-0.2, -0.15) is 0 Å². The number of hydrogen-bond acceptors (Lipinski definition) is 4. The maximum Gasteiger partial charge on any atom is 0.238 e. The number of amides is 2. The number of methoxy groups -OCH3 is 1. The summed E-state index contributed by atoms with van der Waals surface area (Å²) >= 11 is 0. The fraction of sp³-hybridized carbons (Fsp3) is 0.333. The van der Waals surface area contributed by atoms with Crippen LogP contribution in [-0.2, 0) is 9.59 Å². The minimum Gasteiger partial charge on any atom is -0.495 e. The Bertz CT molecular complexity index is 434. The van der Waals surface area contributed by atoms with Crippen molar-refractivity contribution in [1.82, 2.24) is 5.32 Å². The number of primary amides is 1. The van der Waals surface area contributed by atoms with E-state index < -0.39 is 11.9 Å². The molecule has 0 saturated carbocycles. The Morgan fingerprint density at radius 3 is 2.67 bits per heavy atom. The van der Waals surface area contributed by atoms with Crippen molar-refractivity contribution >= 4 is 17.5 Å². The molecule has 0 aromatic heterocycles. The molecule has 4 N–H and O–H groups in total. The largest absolute Gasteiger partial charge is 0.495 e. The molecule has 0 bridgehead atoms. The van der Waals surface area contributed by atoms with Crippen LogP contribution in [0.2, 0.25) is 0 Å². The van der Waals surface area contributed by atoms with Gasteiger partial charge in [0.25, 0.3) is 0 Å². The van der Waals surface area contributed by atoms with Gasteiger partial charge in [-0.05, 0) is 19.1 Å². The van der Waals surface area contributed by atoms with E-state index in [1.807, 2.05) is 6.07 Å². The molecular formula is C12H17N3O3. The lowest BCUT2D eigenvalue weighted by Crippen LogP contribution is -2.42. The molecule has 1 aromatic rings. The van der Waals surface area contributed by atoms with Crippen molar-refractivity contribution in [3.8, 4) is 5.75 Å². The van der Waals surface area contributed by atoms with E-state index in [1.165, 1.54) is 7.11 Å². The molecule has 2 amide bonds. The molecule has 0 radical (unpaired) electrons. The number of ether oxygens (including phenoxy) is 1. The Balaban J connectivity index is 2.52. The predicted octanol–water partition coefficient (Wildman–Crippen LogP) is 0.0971. The number of hydrogen-bond donors (Lipinski definition) is 3. The van der Waals surface area contributed by atoms with Gasteiger partial charge in [-0.1, -0.05) is 12.1 Å². The molecule has 0 saturated heterocycles.